The van der Waals surface area contributed by atoms with E-state index in [2.05, 4.69) is 26.0 Å². The van der Waals surface area contributed by atoms with Gasteiger partial charge in [0, 0.05) is 6.42 Å². The van der Waals surface area contributed by atoms with Gasteiger partial charge in [0.2, 0.25) is 6.54 Å². The molecule has 0 aliphatic carbocycles. The molecule has 0 spiro atoms. The minimum absolute atomic E-state index is 0.726. The first-order chi connectivity index (χ1) is 7.56. The van der Waals surface area contributed by atoms with E-state index in [0.717, 1.165) is 17.4 Å². The molecule has 0 heterocycles. The first kappa shape index (κ1) is 15.4. The van der Waals surface area contributed by atoms with E-state index >= 15 is 0 Å². The van der Waals surface area contributed by atoms with E-state index in [1.54, 1.807) is 0 Å². The molecule has 16 heavy (non-hydrogen) atoms. The number of nitrogens with zero attached hydrogens (tertiary/aromatic N) is 2. The van der Waals surface area contributed by atoms with Crippen molar-refractivity contribution in [1.82, 2.24) is 0 Å². The van der Waals surface area contributed by atoms with Gasteiger partial charge in [-0.2, -0.15) is 0 Å². The summed E-state index contributed by atoms with van der Waals surface area (Å²) in [7, 11) is 6.78. The maximum absolute atomic E-state index is 6.67. The van der Waals surface area contributed by atoms with Crippen molar-refractivity contribution in [1.29, 1.82) is 0 Å². The van der Waals surface area contributed by atoms with Gasteiger partial charge in [-0.15, -0.1) is 0 Å². The quantitative estimate of drug-likeness (QED) is 0.303. The molecule has 94 valence electrons. The van der Waals surface area contributed by atoms with Crippen LogP contribution in [0.15, 0.2) is 0 Å². The highest BCUT2D eigenvalue weighted by molar-refractivity contribution is 4.57. The van der Waals surface area contributed by atoms with E-state index in [1.165, 1.54) is 51.5 Å². The van der Waals surface area contributed by atoms with E-state index in [1.807, 2.05) is 0 Å². The van der Waals surface area contributed by atoms with Gasteiger partial charge in [-0.3, -0.25) is 0 Å². The zero-order valence-corrected chi connectivity index (χ0v) is 11.5. The smallest absolute Gasteiger partial charge is 0.214 e. The third-order valence-corrected chi connectivity index (χ3v) is 2.85. The maximum atomic E-state index is 6.67. The molecule has 0 amide bonds. The van der Waals surface area contributed by atoms with Crippen LogP contribution in [0.5, 0.6) is 0 Å². The molecule has 0 rings (SSSR count). The standard InChI is InChI=1S/C14H29N2/c1-15-13-11-9-7-5-6-8-10-12-14-16(2,3)4/h5-14H2,2-4H3/q+1. The lowest BCUT2D eigenvalue weighted by Crippen LogP contribution is -2.35. The molecule has 0 radical (unpaired) electrons. The Balaban J connectivity index is 3.02. The van der Waals surface area contributed by atoms with E-state index in [-0.39, 0.29) is 0 Å². The van der Waals surface area contributed by atoms with Crippen molar-refractivity contribution in [2.75, 3.05) is 34.2 Å². The minimum Gasteiger partial charge on any atom is -0.331 e. The van der Waals surface area contributed by atoms with Crippen molar-refractivity contribution in [2.24, 2.45) is 0 Å². The zero-order valence-electron chi connectivity index (χ0n) is 11.5. The molecule has 0 aromatic carbocycles. The minimum atomic E-state index is 0.726. The van der Waals surface area contributed by atoms with Crippen molar-refractivity contribution in [3.63, 3.8) is 0 Å². The Hall–Kier alpha value is -0.550. The molecule has 0 bridgehead atoms. The molecule has 0 aliphatic rings. The lowest BCUT2D eigenvalue weighted by Gasteiger charge is -2.23. The van der Waals surface area contributed by atoms with Gasteiger partial charge >= 0.3 is 0 Å². The summed E-state index contributed by atoms with van der Waals surface area (Å²) in [6, 6.07) is 0. The summed E-state index contributed by atoms with van der Waals surface area (Å²) in [6.07, 6.45) is 10.6. The molecule has 2 heteroatoms. The van der Waals surface area contributed by atoms with Crippen molar-refractivity contribution < 1.29 is 4.48 Å². The van der Waals surface area contributed by atoms with Crippen LogP contribution >= 0.6 is 0 Å². The highest BCUT2D eigenvalue weighted by Crippen LogP contribution is 2.09. The largest absolute Gasteiger partial charge is 0.331 e. The fourth-order valence-electron chi connectivity index (χ4n) is 1.84. The predicted molar refractivity (Wildman–Crippen MR) is 71.3 cm³/mol. The normalized spacial score (nSPS) is 11.4. The summed E-state index contributed by atoms with van der Waals surface area (Å²) < 4.78 is 1.09. The van der Waals surface area contributed by atoms with Gasteiger partial charge in [0.1, 0.15) is 0 Å². The van der Waals surface area contributed by atoms with Crippen LogP contribution < -0.4 is 0 Å². The summed E-state index contributed by atoms with van der Waals surface area (Å²) >= 11 is 0. The van der Waals surface area contributed by atoms with Gasteiger partial charge in [0.15, 0.2) is 0 Å². The third-order valence-electron chi connectivity index (χ3n) is 2.85. The number of unbranched alkanes of at least 4 members (excludes halogenated alkanes) is 7. The third kappa shape index (κ3) is 13.4. The van der Waals surface area contributed by atoms with Crippen LogP contribution in [0.2, 0.25) is 0 Å². The molecule has 0 unspecified atom stereocenters. The molecule has 0 aromatic rings. The lowest BCUT2D eigenvalue weighted by molar-refractivity contribution is -0.870. The van der Waals surface area contributed by atoms with Gasteiger partial charge < -0.3 is 9.33 Å². The molecule has 0 saturated heterocycles. The van der Waals surface area contributed by atoms with Crippen LogP contribution in [0, 0.1) is 6.57 Å². The number of hydrogen-bond donors (Lipinski definition) is 0. The van der Waals surface area contributed by atoms with Crippen molar-refractivity contribution in [3.05, 3.63) is 11.4 Å². The number of hydrogen-bond acceptors (Lipinski definition) is 0. The van der Waals surface area contributed by atoms with E-state index in [4.69, 9.17) is 6.57 Å². The molecular formula is C14H29N2+. The van der Waals surface area contributed by atoms with Crippen LogP contribution in [0.1, 0.15) is 51.4 Å². The highest BCUT2D eigenvalue weighted by Gasteiger charge is 2.04. The Morgan fingerprint density at radius 3 is 1.62 bits per heavy atom. The van der Waals surface area contributed by atoms with Crippen molar-refractivity contribution in [3.8, 4) is 0 Å². The Bertz CT molecular complexity index is 186. The summed E-state index contributed by atoms with van der Waals surface area (Å²) in [5.41, 5.74) is 0. The SMILES string of the molecule is [C-]#[N+]CCCCCCCCCC[N+](C)(C)C. The molecule has 0 fully saturated rings. The Morgan fingerprint density at radius 1 is 0.750 bits per heavy atom. The van der Waals surface area contributed by atoms with Gasteiger partial charge in [-0.05, 0) is 19.3 Å². The second-order valence-electron chi connectivity index (χ2n) is 5.72. The second kappa shape index (κ2) is 9.66. The van der Waals surface area contributed by atoms with Crippen LogP contribution in [0.4, 0.5) is 0 Å². The van der Waals surface area contributed by atoms with Crippen LogP contribution in [-0.4, -0.2) is 38.7 Å². The molecule has 2 nitrogen and oxygen atoms in total. The predicted octanol–water partition coefficient (Wildman–Crippen LogP) is 3.73. The topological polar surface area (TPSA) is 4.36 Å². The van der Waals surface area contributed by atoms with E-state index < -0.39 is 0 Å². The van der Waals surface area contributed by atoms with E-state index in [9.17, 15) is 0 Å². The lowest BCUT2D eigenvalue weighted by atomic mass is 10.1. The maximum Gasteiger partial charge on any atom is 0.214 e. The molecule has 0 N–H and O–H groups in total. The Morgan fingerprint density at radius 2 is 1.19 bits per heavy atom. The summed E-state index contributed by atoms with van der Waals surface area (Å²) in [5.74, 6) is 0. The zero-order chi connectivity index (χ0) is 12.3. The fraction of sp³-hybridized carbons (Fsp3) is 0.929. The average molecular weight is 225 g/mol. The molecule has 0 atom stereocenters. The highest BCUT2D eigenvalue weighted by atomic mass is 15.3. The average Bonchev–Trinajstić information content (AvgIpc) is 2.19. The van der Waals surface area contributed by atoms with Crippen LogP contribution in [-0.2, 0) is 0 Å². The first-order valence-electron chi connectivity index (χ1n) is 6.70. The molecular weight excluding hydrogens is 196 g/mol. The van der Waals surface area contributed by atoms with E-state index in [0.29, 0.717) is 0 Å². The Kier molecular flexibility index (Phi) is 9.33. The first-order valence-corrected chi connectivity index (χ1v) is 6.70. The van der Waals surface area contributed by atoms with Crippen molar-refractivity contribution in [2.45, 2.75) is 51.4 Å². The molecule has 0 saturated carbocycles. The summed E-state index contributed by atoms with van der Waals surface area (Å²) in [5, 5.41) is 0. The summed E-state index contributed by atoms with van der Waals surface area (Å²) in [4.78, 5) is 3.37. The molecule has 0 aromatic heterocycles. The monoisotopic (exact) mass is 225 g/mol. The second-order valence-corrected chi connectivity index (χ2v) is 5.72. The van der Waals surface area contributed by atoms with Gasteiger partial charge in [0.25, 0.3) is 0 Å². The van der Waals surface area contributed by atoms with Crippen LogP contribution in [0.25, 0.3) is 4.85 Å². The van der Waals surface area contributed by atoms with Gasteiger partial charge in [-0.25, -0.2) is 6.57 Å². The van der Waals surface area contributed by atoms with Crippen LogP contribution in [0.3, 0.4) is 0 Å². The number of quaternary nitrogens is 1. The number of rotatable bonds is 10. The van der Waals surface area contributed by atoms with Gasteiger partial charge in [-0.1, -0.05) is 25.7 Å². The van der Waals surface area contributed by atoms with Gasteiger partial charge in [0.05, 0.1) is 27.7 Å². The summed E-state index contributed by atoms with van der Waals surface area (Å²) in [6.45, 7) is 8.69. The van der Waals surface area contributed by atoms with Crippen molar-refractivity contribution >= 4 is 0 Å². The molecule has 0 aliphatic heterocycles. The Labute approximate surface area is 102 Å². The fourth-order valence-corrected chi connectivity index (χ4v) is 1.84.